The fourth-order valence-electron chi connectivity index (χ4n) is 1.23. The molecule has 0 aliphatic rings. The summed E-state index contributed by atoms with van der Waals surface area (Å²) in [6.07, 6.45) is 1.56. The Morgan fingerprint density at radius 3 is 2.93 bits per heavy atom. The molecule has 0 aliphatic carbocycles. The lowest BCUT2D eigenvalue weighted by atomic mass is 10.2. The van der Waals surface area contributed by atoms with Gasteiger partial charge in [-0.2, -0.15) is 0 Å². The van der Waals surface area contributed by atoms with Crippen LogP contribution < -0.4 is 4.74 Å². The molecule has 1 aromatic carbocycles. The number of hydrogen-bond donors (Lipinski definition) is 0. The molecule has 3 heteroatoms. The van der Waals surface area contributed by atoms with Crippen LogP contribution >= 0.6 is 0 Å². The van der Waals surface area contributed by atoms with E-state index in [0.29, 0.717) is 16.9 Å². The van der Waals surface area contributed by atoms with Crippen LogP contribution in [0.3, 0.4) is 0 Å². The van der Waals surface area contributed by atoms with Crippen molar-refractivity contribution in [3.05, 3.63) is 42.7 Å². The van der Waals surface area contributed by atoms with Crippen molar-refractivity contribution >= 4 is 16.9 Å². The smallest absolute Gasteiger partial charge is 0.338 e. The molecule has 0 N–H and O–H groups in total. The number of carbonyl (C=O) groups is 1. The maximum Gasteiger partial charge on any atom is 0.338 e. The normalized spacial score (nSPS) is 10.2. The summed E-state index contributed by atoms with van der Waals surface area (Å²) >= 11 is 0. The van der Waals surface area contributed by atoms with E-state index >= 15 is 0 Å². The summed E-state index contributed by atoms with van der Waals surface area (Å²) in [5.41, 5.74) is 0.936. The Morgan fingerprint density at radius 2 is 2.20 bits per heavy atom. The van der Waals surface area contributed by atoms with E-state index < -0.39 is 5.97 Å². The SMILES string of the molecule is C=C(C)C(=O)Oc1cccc2ccoc12. The number of ether oxygens (including phenoxy) is 1. The monoisotopic (exact) mass is 202 g/mol. The van der Waals surface area contributed by atoms with Crippen molar-refractivity contribution in [3.63, 3.8) is 0 Å². The van der Waals surface area contributed by atoms with Gasteiger partial charge in [-0.1, -0.05) is 18.7 Å². The minimum absolute atomic E-state index is 0.360. The van der Waals surface area contributed by atoms with Gasteiger partial charge < -0.3 is 9.15 Å². The van der Waals surface area contributed by atoms with Crippen molar-refractivity contribution < 1.29 is 13.9 Å². The standard InChI is InChI=1S/C12H10O3/c1-8(2)12(13)15-10-5-3-4-9-6-7-14-11(9)10/h3-7H,1H2,2H3. The van der Waals surface area contributed by atoms with Crippen LogP contribution in [0.4, 0.5) is 0 Å². The van der Waals surface area contributed by atoms with Gasteiger partial charge in [-0.15, -0.1) is 0 Å². The lowest BCUT2D eigenvalue weighted by Crippen LogP contribution is -2.08. The third-order valence-corrected chi connectivity index (χ3v) is 1.99. The first-order chi connectivity index (χ1) is 7.18. The molecule has 0 spiro atoms. The van der Waals surface area contributed by atoms with Crippen LogP contribution in [-0.2, 0) is 4.79 Å². The molecule has 15 heavy (non-hydrogen) atoms. The number of rotatable bonds is 2. The van der Waals surface area contributed by atoms with E-state index in [-0.39, 0.29) is 0 Å². The minimum atomic E-state index is -0.445. The molecule has 0 saturated heterocycles. The van der Waals surface area contributed by atoms with Crippen LogP contribution in [0, 0.1) is 0 Å². The van der Waals surface area contributed by atoms with Crippen LogP contribution in [-0.4, -0.2) is 5.97 Å². The predicted octanol–water partition coefficient (Wildman–Crippen LogP) is 2.91. The zero-order valence-corrected chi connectivity index (χ0v) is 8.32. The van der Waals surface area contributed by atoms with Gasteiger partial charge in [-0.05, 0) is 19.1 Å². The zero-order chi connectivity index (χ0) is 10.8. The van der Waals surface area contributed by atoms with Gasteiger partial charge in [0.15, 0.2) is 11.3 Å². The number of para-hydroxylation sites is 1. The van der Waals surface area contributed by atoms with Crippen LogP contribution in [0.25, 0.3) is 11.0 Å². The van der Waals surface area contributed by atoms with Gasteiger partial charge in [-0.25, -0.2) is 4.79 Å². The van der Waals surface area contributed by atoms with Crippen molar-refractivity contribution in [3.8, 4) is 5.75 Å². The first-order valence-electron chi connectivity index (χ1n) is 4.52. The summed E-state index contributed by atoms with van der Waals surface area (Å²) in [5, 5.41) is 0.905. The molecule has 2 aromatic rings. The molecular formula is C12H10O3. The van der Waals surface area contributed by atoms with E-state index in [1.165, 1.54) is 0 Å². The summed E-state index contributed by atoms with van der Waals surface area (Å²) in [6.45, 7) is 5.12. The minimum Gasteiger partial charge on any atom is -0.460 e. The second-order valence-corrected chi connectivity index (χ2v) is 3.26. The Hall–Kier alpha value is -2.03. The molecule has 0 radical (unpaired) electrons. The third kappa shape index (κ3) is 1.76. The number of furan rings is 1. The third-order valence-electron chi connectivity index (χ3n) is 1.99. The summed E-state index contributed by atoms with van der Waals surface area (Å²) < 4.78 is 10.3. The number of fused-ring (bicyclic) bond motifs is 1. The number of benzene rings is 1. The van der Waals surface area contributed by atoms with E-state index in [9.17, 15) is 4.79 Å². The molecule has 0 unspecified atom stereocenters. The summed E-state index contributed by atoms with van der Waals surface area (Å²) in [4.78, 5) is 11.3. The first-order valence-corrected chi connectivity index (χ1v) is 4.52. The highest BCUT2D eigenvalue weighted by atomic mass is 16.5. The van der Waals surface area contributed by atoms with Gasteiger partial charge in [0.2, 0.25) is 0 Å². The fourth-order valence-corrected chi connectivity index (χ4v) is 1.23. The summed E-state index contributed by atoms with van der Waals surface area (Å²) in [5.74, 6) is -0.0237. The van der Waals surface area contributed by atoms with Gasteiger partial charge in [0.05, 0.1) is 6.26 Å². The number of carbonyl (C=O) groups excluding carboxylic acids is 1. The number of esters is 1. The average Bonchev–Trinajstić information content (AvgIpc) is 2.66. The highest BCUT2D eigenvalue weighted by molar-refractivity contribution is 5.92. The lowest BCUT2D eigenvalue weighted by molar-refractivity contribution is -0.130. The van der Waals surface area contributed by atoms with Crippen molar-refractivity contribution in [1.82, 2.24) is 0 Å². The van der Waals surface area contributed by atoms with E-state index in [2.05, 4.69) is 6.58 Å². The van der Waals surface area contributed by atoms with Gasteiger partial charge in [0, 0.05) is 11.0 Å². The molecule has 76 valence electrons. The van der Waals surface area contributed by atoms with Crippen molar-refractivity contribution in [2.45, 2.75) is 6.92 Å². The highest BCUT2D eigenvalue weighted by Gasteiger charge is 2.10. The zero-order valence-electron chi connectivity index (χ0n) is 8.32. The summed E-state index contributed by atoms with van der Waals surface area (Å²) in [6, 6.07) is 7.19. The fraction of sp³-hybridized carbons (Fsp3) is 0.0833. The Morgan fingerprint density at radius 1 is 1.40 bits per heavy atom. The second-order valence-electron chi connectivity index (χ2n) is 3.26. The Balaban J connectivity index is 2.39. The Kier molecular flexibility index (Phi) is 2.29. The molecule has 0 amide bonds. The molecule has 2 rings (SSSR count). The molecular weight excluding hydrogens is 192 g/mol. The molecule has 0 aliphatic heterocycles. The van der Waals surface area contributed by atoms with Gasteiger partial charge in [0.25, 0.3) is 0 Å². The largest absolute Gasteiger partial charge is 0.460 e. The molecule has 0 bridgehead atoms. The van der Waals surface area contributed by atoms with Crippen molar-refractivity contribution in [2.75, 3.05) is 0 Å². The Labute approximate surface area is 87.0 Å². The van der Waals surface area contributed by atoms with E-state index in [4.69, 9.17) is 9.15 Å². The number of hydrogen-bond acceptors (Lipinski definition) is 3. The quantitative estimate of drug-likeness (QED) is 0.427. The van der Waals surface area contributed by atoms with Crippen LogP contribution in [0.15, 0.2) is 47.1 Å². The molecule has 0 atom stereocenters. The first kappa shape index (κ1) is 9.52. The molecule has 1 aromatic heterocycles. The molecule has 1 heterocycles. The van der Waals surface area contributed by atoms with E-state index in [1.807, 2.05) is 12.1 Å². The van der Waals surface area contributed by atoms with E-state index in [1.54, 1.807) is 25.3 Å². The van der Waals surface area contributed by atoms with Gasteiger partial charge in [-0.3, -0.25) is 0 Å². The lowest BCUT2D eigenvalue weighted by Gasteiger charge is -2.03. The highest BCUT2D eigenvalue weighted by Crippen LogP contribution is 2.26. The van der Waals surface area contributed by atoms with Crippen molar-refractivity contribution in [2.24, 2.45) is 0 Å². The van der Waals surface area contributed by atoms with Gasteiger partial charge >= 0.3 is 5.97 Å². The molecule has 0 fully saturated rings. The van der Waals surface area contributed by atoms with Gasteiger partial charge in [0.1, 0.15) is 0 Å². The average molecular weight is 202 g/mol. The van der Waals surface area contributed by atoms with Crippen LogP contribution in [0.5, 0.6) is 5.75 Å². The molecule has 0 saturated carbocycles. The maximum atomic E-state index is 11.3. The predicted molar refractivity (Wildman–Crippen MR) is 56.7 cm³/mol. The van der Waals surface area contributed by atoms with Crippen molar-refractivity contribution in [1.29, 1.82) is 0 Å². The maximum absolute atomic E-state index is 11.3. The van der Waals surface area contributed by atoms with Crippen LogP contribution in [0.1, 0.15) is 6.92 Å². The molecule has 3 nitrogen and oxygen atoms in total. The second kappa shape index (κ2) is 3.61. The topological polar surface area (TPSA) is 39.4 Å². The van der Waals surface area contributed by atoms with Crippen LogP contribution in [0.2, 0.25) is 0 Å². The van der Waals surface area contributed by atoms with E-state index in [0.717, 1.165) is 5.39 Å². The summed E-state index contributed by atoms with van der Waals surface area (Å²) in [7, 11) is 0. The Bertz CT molecular complexity index is 522.